The normalized spacial score (nSPS) is 15.8. The van der Waals surface area contributed by atoms with Crippen LogP contribution in [0.1, 0.15) is 22.8 Å². The lowest BCUT2D eigenvalue weighted by Gasteiger charge is -2.18. The van der Waals surface area contributed by atoms with Crippen LogP contribution in [0.25, 0.3) is 0 Å². The second-order valence-electron chi connectivity index (χ2n) is 6.61. The summed E-state index contributed by atoms with van der Waals surface area (Å²) >= 11 is 7.95. The second-order valence-corrected chi connectivity index (χ2v) is 8.29. The molecule has 4 nitrogen and oxygen atoms in total. The van der Waals surface area contributed by atoms with Crippen LogP contribution < -0.4 is 9.47 Å². The molecule has 1 heterocycles. The van der Waals surface area contributed by atoms with E-state index >= 15 is 0 Å². The number of aromatic hydroxyl groups is 1. The first-order valence-corrected chi connectivity index (χ1v) is 10.4. The number of benzene rings is 3. The number of halogens is 1. The van der Waals surface area contributed by atoms with Crippen molar-refractivity contribution in [3.8, 4) is 17.2 Å². The number of hydrogen-bond donors (Lipinski definition) is 1. The predicted molar refractivity (Wildman–Crippen MR) is 119 cm³/mol. The molecule has 1 atom stereocenters. The van der Waals surface area contributed by atoms with E-state index in [0.29, 0.717) is 28.5 Å². The number of aliphatic imine (C=N–C) groups is 1. The first kappa shape index (κ1) is 19.7. The first-order valence-electron chi connectivity index (χ1n) is 9.13. The molecule has 0 aliphatic carbocycles. The molecule has 4 rings (SSSR count). The van der Waals surface area contributed by atoms with Gasteiger partial charge in [-0.3, -0.25) is 4.99 Å². The number of nitrogens with zero attached hydrogens (tertiary/aromatic N) is 1. The van der Waals surface area contributed by atoms with Crippen LogP contribution in [0.4, 0.5) is 5.69 Å². The maximum Gasteiger partial charge on any atom is 0.161 e. The number of hydrogen-bond acceptors (Lipinski definition) is 5. The topological polar surface area (TPSA) is 51.0 Å². The van der Waals surface area contributed by atoms with Crippen LogP contribution in [0.5, 0.6) is 17.2 Å². The minimum atomic E-state index is 0.0792. The standard InChI is InChI=1S/C23H20ClNO3S/c1-27-20-10-7-14(11-21(20)28-2)23-13-18(16-12-15(24)8-9-19(16)26)25-17-5-3-4-6-22(17)29-23/h3-12,23,26H,13H2,1-2H3. The summed E-state index contributed by atoms with van der Waals surface area (Å²) in [6.45, 7) is 0. The average Bonchev–Trinajstić information content (AvgIpc) is 2.94. The van der Waals surface area contributed by atoms with E-state index in [1.54, 1.807) is 44.2 Å². The minimum Gasteiger partial charge on any atom is -0.507 e. The summed E-state index contributed by atoms with van der Waals surface area (Å²) in [5, 5.41) is 11.1. The fourth-order valence-corrected chi connectivity index (χ4v) is 4.75. The van der Waals surface area contributed by atoms with Gasteiger partial charge in [0.1, 0.15) is 5.75 Å². The molecule has 3 aromatic carbocycles. The van der Waals surface area contributed by atoms with Gasteiger partial charge in [0, 0.05) is 27.2 Å². The first-order chi connectivity index (χ1) is 14.1. The van der Waals surface area contributed by atoms with Crippen molar-refractivity contribution < 1.29 is 14.6 Å². The van der Waals surface area contributed by atoms with Crippen molar-refractivity contribution in [3.63, 3.8) is 0 Å². The van der Waals surface area contributed by atoms with Gasteiger partial charge < -0.3 is 14.6 Å². The third kappa shape index (κ3) is 4.07. The summed E-state index contributed by atoms with van der Waals surface area (Å²) in [7, 11) is 3.26. The molecule has 3 aromatic rings. The number of para-hydroxylation sites is 1. The van der Waals surface area contributed by atoms with Gasteiger partial charge in [0.15, 0.2) is 11.5 Å². The number of rotatable bonds is 4. The molecule has 0 bridgehead atoms. The molecule has 29 heavy (non-hydrogen) atoms. The number of methoxy groups -OCH3 is 2. The van der Waals surface area contributed by atoms with E-state index in [0.717, 1.165) is 21.9 Å². The molecule has 0 aromatic heterocycles. The Labute approximate surface area is 179 Å². The van der Waals surface area contributed by atoms with Gasteiger partial charge in [0.05, 0.1) is 25.6 Å². The van der Waals surface area contributed by atoms with Crippen LogP contribution in [-0.4, -0.2) is 25.0 Å². The van der Waals surface area contributed by atoms with Crippen LogP contribution in [0.2, 0.25) is 5.02 Å². The summed E-state index contributed by atoms with van der Waals surface area (Å²) in [5.74, 6) is 1.55. The third-order valence-corrected chi connectivity index (χ3v) is 6.38. The zero-order valence-electron chi connectivity index (χ0n) is 16.1. The monoisotopic (exact) mass is 425 g/mol. The molecule has 0 saturated carbocycles. The van der Waals surface area contributed by atoms with Crippen LogP contribution in [-0.2, 0) is 0 Å². The average molecular weight is 426 g/mol. The van der Waals surface area contributed by atoms with Gasteiger partial charge >= 0.3 is 0 Å². The maximum absolute atomic E-state index is 10.5. The molecule has 1 unspecified atom stereocenters. The molecule has 0 radical (unpaired) electrons. The molecule has 1 aliphatic heterocycles. The highest BCUT2D eigenvalue weighted by Gasteiger charge is 2.25. The molecule has 1 aliphatic rings. The Kier molecular flexibility index (Phi) is 5.69. The molecule has 0 saturated heterocycles. The van der Waals surface area contributed by atoms with Gasteiger partial charge in [0.25, 0.3) is 0 Å². The van der Waals surface area contributed by atoms with Gasteiger partial charge in [0.2, 0.25) is 0 Å². The molecule has 6 heteroatoms. The number of phenols is 1. The Balaban J connectivity index is 1.82. The molecular weight excluding hydrogens is 406 g/mol. The van der Waals surface area contributed by atoms with E-state index in [9.17, 15) is 5.11 Å². The Morgan fingerprint density at radius 1 is 1.00 bits per heavy atom. The molecule has 0 amide bonds. The van der Waals surface area contributed by atoms with Gasteiger partial charge in [-0.2, -0.15) is 0 Å². The van der Waals surface area contributed by atoms with E-state index in [1.807, 2.05) is 36.4 Å². The van der Waals surface area contributed by atoms with Gasteiger partial charge in [-0.1, -0.05) is 29.8 Å². The van der Waals surface area contributed by atoms with E-state index in [-0.39, 0.29) is 11.0 Å². The van der Waals surface area contributed by atoms with Crippen molar-refractivity contribution >= 4 is 34.8 Å². The van der Waals surface area contributed by atoms with Crippen LogP contribution >= 0.6 is 23.4 Å². The summed E-state index contributed by atoms with van der Waals surface area (Å²) in [5.41, 5.74) is 3.43. The second kappa shape index (κ2) is 8.39. The van der Waals surface area contributed by atoms with E-state index in [4.69, 9.17) is 26.1 Å². The van der Waals surface area contributed by atoms with E-state index in [2.05, 4.69) is 6.07 Å². The maximum atomic E-state index is 10.5. The third-order valence-electron chi connectivity index (χ3n) is 4.82. The highest BCUT2D eigenvalue weighted by atomic mass is 35.5. The minimum absolute atomic E-state index is 0.0792. The van der Waals surface area contributed by atoms with Crippen molar-refractivity contribution in [2.24, 2.45) is 4.99 Å². The van der Waals surface area contributed by atoms with Crippen molar-refractivity contribution in [3.05, 3.63) is 76.8 Å². The van der Waals surface area contributed by atoms with Crippen LogP contribution in [0.15, 0.2) is 70.6 Å². The molecule has 0 spiro atoms. The van der Waals surface area contributed by atoms with E-state index in [1.165, 1.54) is 0 Å². The fraction of sp³-hybridized carbons (Fsp3) is 0.174. The smallest absolute Gasteiger partial charge is 0.161 e. The summed E-state index contributed by atoms with van der Waals surface area (Å²) < 4.78 is 10.9. The Morgan fingerprint density at radius 2 is 1.79 bits per heavy atom. The number of thioether (sulfide) groups is 1. The summed E-state index contributed by atoms with van der Waals surface area (Å²) in [6, 6.07) is 19.0. The zero-order valence-corrected chi connectivity index (χ0v) is 17.6. The summed E-state index contributed by atoms with van der Waals surface area (Å²) in [6.07, 6.45) is 0.628. The summed E-state index contributed by atoms with van der Waals surface area (Å²) in [4.78, 5) is 5.97. The van der Waals surface area contributed by atoms with Crippen molar-refractivity contribution in [1.82, 2.24) is 0 Å². The molecular formula is C23H20ClNO3S. The van der Waals surface area contributed by atoms with Crippen molar-refractivity contribution in [1.29, 1.82) is 0 Å². The number of ether oxygens (including phenoxy) is 2. The highest BCUT2D eigenvalue weighted by Crippen LogP contribution is 2.47. The lowest BCUT2D eigenvalue weighted by molar-refractivity contribution is 0.354. The van der Waals surface area contributed by atoms with Gasteiger partial charge in [-0.15, -0.1) is 11.8 Å². The highest BCUT2D eigenvalue weighted by molar-refractivity contribution is 7.99. The Bertz CT molecular complexity index is 1080. The van der Waals surface area contributed by atoms with Crippen LogP contribution in [0, 0.1) is 0 Å². The number of fused-ring (bicyclic) bond motifs is 1. The Morgan fingerprint density at radius 3 is 2.59 bits per heavy atom. The lowest BCUT2D eigenvalue weighted by Crippen LogP contribution is -2.06. The van der Waals surface area contributed by atoms with Crippen LogP contribution in [0.3, 0.4) is 0 Å². The fourth-order valence-electron chi connectivity index (χ4n) is 3.36. The SMILES string of the molecule is COc1ccc(C2CC(c3cc(Cl)ccc3O)=Nc3ccccc3S2)cc1OC. The molecule has 148 valence electrons. The van der Waals surface area contributed by atoms with Gasteiger partial charge in [-0.25, -0.2) is 0 Å². The van der Waals surface area contributed by atoms with Crippen molar-refractivity contribution in [2.75, 3.05) is 14.2 Å². The Hall–Kier alpha value is -2.63. The molecule has 0 fully saturated rings. The van der Waals surface area contributed by atoms with E-state index < -0.39 is 0 Å². The lowest BCUT2D eigenvalue weighted by atomic mass is 10.00. The van der Waals surface area contributed by atoms with Crippen molar-refractivity contribution in [2.45, 2.75) is 16.6 Å². The van der Waals surface area contributed by atoms with Gasteiger partial charge in [-0.05, 0) is 48.0 Å². The quantitative estimate of drug-likeness (QED) is 0.524. The predicted octanol–water partition coefficient (Wildman–Crippen LogP) is 6.42. The largest absolute Gasteiger partial charge is 0.507 e. The molecule has 1 N–H and O–H groups in total. The zero-order chi connectivity index (χ0) is 20.4. The number of phenolic OH excluding ortho intramolecular Hbond substituents is 1.